The molecule has 36 heavy (non-hydrogen) atoms. The Hall–Kier alpha value is -3.42. The second-order valence-corrected chi connectivity index (χ2v) is 10.3. The van der Waals surface area contributed by atoms with E-state index in [0.717, 1.165) is 61.4 Å². The quantitative estimate of drug-likeness (QED) is 0.318. The number of ether oxygens (including phenoxy) is 2. The number of carbonyl (C=O) groups excluding carboxylic acids is 1. The maximum atomic E-state index is 12.7. The van der Waals surface area contributed by atoms with E-state index >= 15 is 0 Å². The number of aromatic nitrogens is 4. The lowest BCUT2D eigenvalue weighted by Crippen LogP contribution is -2.26. The monoisotopic (exact) mass is 491 g/mol. The Kier molecular flexibility index (Phi) is 8.23. The molecule has 0 aromatic carbocycles. The van der Waals surface area contributed by atoms with Crippen LogP contribution >= 0.6 is 0 Å². The van der Waals surface area contributed by atoms with Gasteiger partial charge < -0.3 is 14.8 Å². The maximum Gasteiger partial charge on any atom is 0.308 e. The highest BCUT2D eigenvalue weighted by atomic mass is 16.6. The SMILES string of the molecule is COc1ccc(C(CC(=O)OC(C)(C)C)n2ccc(CCCCc3ccc4c(n3)NCCC4)n2)cn1. The molecule has 4 heterocycles. The summed E-state index contributed by atoms with van der Waals surface area (Å²) in [7, 11) is 1.58. The van der Waals surface area contributed by atoms with Gasteiger partial charge in [0.2, 0.25) is 5.88 Å². The van der Waals surface area contributed by atoms with Crippen molar-refractivity contribution in [2.24, 2.45) is 0 Å². The fraction of sp³-hybridized carbons (Fsp3) is 0.500. The van der Waals surface area contributed by atoms with Crippen molar-refractivity contribution in [1.82, 2.24) is 19.7 Å². The molecule has 192 valence electrons. The van der Waals surface area contributed by atoms with Crippen LogP contribution in [0.1, 0.15) is 75.0 Å². The maximum absolute atomic E-state index is 12.7. The van der Waals surface area contributed by atoms with Crippen LogP contribution in [0.15, 0.2) is 42.7 Å². The number of rotatable bonds is 10. The molecule has 8 nitrogen and oxygen atoms in total. The van der Waals surface area contributed by atoms with Gasteiger partial charge in [-0.1, -0.05) is 6.07 Å². The summed E-state index contributed by atoms with van der Waals surface area (Å²) in [6.07, 6.45) is 10.0. The number of methoxy groups -OCH3 is 1. The summed E-state index contributed by atoms with van der Waals surface area (Å²) in [6, 6.07) is 9.81. The van der Waals surface area contributed by atoms with E-state index in [9.17, 15) is 4.79 Å². The molecule has 0 saturated heterocycles. The average molecular weight is 492 g/mol. The molecule has 8 heteroatoms. The number of hydrogen-bond acceptors (Lipinski definition) is 7. The smallest absolute Gasteiger partial charge is 0.308 e. The molecule has 0 aliphatic carbocycles. The number of unbranched alkanes of at least 4 members (excludes halogenated alkanes) is 1. The zero-order valence-corrected chi connectivity index (χ0v) is 21.8. The summed E-state index contributed by atoms with van der Waals surface area (Å²) in [5.74, 6) is 1.31. The number of aryl methyl sites for hydroxylation is 3. The lowest BCUT2D eigenvalue weighted by Gasteiger charge is -2.23. The first-order chi connectivity index (χ1) is 17.3. The molecule has 0 radical (unpaired) electrons. The molecule has 4 rings (SSSR count). The zero-order chi connectivity index (χ0) is 25.5. The highest BCUT2D eigenvalue weighted by Crippen LogP contribution is 2.25. The molecule has 1 aliphatic heterocycles. The largest absolute Gasteiger partial charge is 0.481 e. The van der Waals surface area contributed by atoms with E-state index in [1.807, 2.05) is 43.8 Å². The van der Waals surface area contributed by atoms with Crippen molar-refractivity contribution in [1.29, 1.82) is 0 Å². The predicted molar refractivity (Wildman–Crippen MR) is 139 cm³/mol. The van der Waals surface area contributed by atoms with Gasteiger partial charge in [0.05, 0.1) is 25.3 Å². The van der Waals surface area contributed by atoms with Crippen LogP contribution in [0.25, 0.3) is 0 Å². The van der Waals surface area contributed by atoms with Gasteiger partial charge in [0, 0.05) is 30.7 Å². The number of nitrogens with zero attached hydrogens (tertiary/aromatic N) is 4. The number of nitrogens with one attached hydrogen (secondary N) is 1. The van der Waals surface area contributed by atoms with Gasteiger partial charge in [-0.2, -0.15) is 5.10 Å². The van der Waals surface area contributed by atoms with Crippen molar-refractivity contribution < 1.29 is 14.3 Å². The molecule has 3 aromatic heterocycles. The second-order valence-electron chi connectivity index (χ2n) is 10.3. The summed E-state index contributed by atoms with van der Waals surface area (Å²) in [6.45, 7) is 6.62. The van der Waals surface area contributed by atoms with Crippen molar-refractivity contribution in [3.05, 3.63) is 65.2 Å². The van der Waals surface area contributed by atoms with E-state index in [4.69, 9.17) is 19.6 Å². The first kappa shape index (κ1) is 25.7. The minimum absolute atomic E-state index is 0.171. The van der Waals surface area contributed by atoms with Crippen molar-refractivity contribution in [2.75, 3.05) is 19.0 Å². The summed E-state index contributed by atoms with van der Waals surface area (Å²) >= 11 is 0. The topological polar surface area (TPSA) is 91.2 Å². The molecular weight excluding hydrogens is 454 g/mol. The molecule has 3 aromatic rings. The Labute approximate surface area is 213 Å². The van der Waals surface area contributed by atoms with Crippen LogP contribution in [0.5, 0.6) is 5.88 Å². The van der Waals surface area contributed by atoms with Crippen LogP contribution in [-0.2, 0) is 28.8 Å². The van der Waals surface area contributed by atoms with Crippen LogP contribution in [0.3, 0.4) is 0 Å². The number of anilines is 1. The Bertz CT molecular complexity index is 1150. The van der Waals surface area contributed by atoms with Crippen LogP contribution in [0.4, 0.5) is 5.82 Å². The third-order valence-corrected chi connectivity index (χ3v) is 6.18. The molecule has 0 spiro atoms. The molecule has 1 N–H and O–H groups in total. The zero-order valence-electron chi connectivity index (χ0n) is 21.8. The van der Waals surface area contributed by atoms with Gasteiger partial charge in [-0.05, 0) is 88.6 Å². The van der Waals surface area contributed by atoms with Crippen molar-refractivity contribution >= 4 is 11.8 Å². The van der Waals surface area contributed by atoms with Gasteiger partial charge in [0.25, 0.3) is 0 Å². The number of fused-ring (bicyclic) bond motifs is 1. The van der Waals surface area contributed by atoms with E-state index in [0.29, 0.717) is 5.88 Å². The third-order valence-electron chi connectivity index (χ3n) is 6.18. The molecule has 0 saturated carbocycles. The lowest BCUT2D eigenvalue weighted by atomic mass is 10.1. The molecule has 1 atom stereocenters. The lowest BCUT2D eigenvalue weighted by molar-refractivity contribution is -0.155. The molecule has 0 fully saturated rings. The number of pyridine rings is 2. The van der Waals surface area contributed by atoms with E-state index in [1.54, 1.807) is 19.4 Å². The Morgan fingerprint density at radius 2 is 1.92 bits per heavy atom. The highest BCUT2D eigenvalue weighted by Gasteiger charge is 2.24. The fourth-order valence-corrected chi connectivity index (χ4v) is 4.42. The number of esters is 1. The molecule has 1 unspecified atom stereocenters. The summed E-state index contributed by atoms with van der Waals surface area (Å²) in [5.41, 5.74) is 3.80. The molecule has 1 aliphatic rings. The summed E-state index contributed by atoms with van der Waals surface area (Å²) in [5, 5.41) is 8.22. The summed E-state index contributed by atoms with van der Waals surface area (Å²) < 4.78 is 12.6. The van der Waals surface area contributed by atoms with Gasteiger partial charge in [0.15, 0.2) is 0 Å². The van der Waals surface area contributed by atoms with Gasteiger partial charge in [0.1, 0.15) is 11.4 Å². The van der Waals surface area contributed by atoms with Gasteiger partial charge in [-0.15, -0.1) is 0 Å². The van der Waals surface area contributed by atoms with Crippen LogP contribution in [0, 0.1) is 0 Å². The third kappa shape index (κ3) is 7.06. The van der Waals surface area contributed by atoms with Gasteiger partial charge in [-0.25, -0.2) is 9.97 Å². The van der Waals surface area contributed by atoms with Crippen molar-refractivity contribution in [3.8, 4) is 5.88 Å². The first-order valence-electron chi connectivity index (χ1n) is 12.8. The Balaban J connectivity index is 1.37. The highest BCUT2D eigenvalue weighted by molar-refractivity contribution is 5.71. The second kappa shape index (κ2) is 11.5. The van der Waals surface area contributed by atoms with Crippen molar-refractivity contribution in [2.45, 2.75) is 77.4 Å². The van der Waals surface area contributed by atoms with Gasteiger partial charge >= 0.3 is 5.97 Å². The first-order valence-corrected chi connectivity index (χ1v) is 12.8. The standard InChI is InChI=1S/C28H37N5O3/c1-28(2,3)36-26(34)18-24(21-12-14-25(35-4)30-19-21)33-17-15-23(32-33)10-6-5-9-22-13-11-20-8-7-16-29-27(20)31-22/h11-15,17,19,24H,5-10,16,18H2,1-4H3,(H,29,31). The minimum atomic E-state index is -0.544. The molecule has 0 amide bonds. The van der Waals surface area contributed by atoms with Crippen LogP contribution < -0.4 is 10.1 Å². The molecule has 0 bridgehead atoms. The normalized spacial score (nSPS) is 14.0. The molecular formula is C28H37N5O3. The van der Waals surface area contributed by atoms with E-state index in [1.165, 1.54) is 12.0 Å². The van der Waals surface area contributed by atoms with Crippen molar-refractivity contribution in [3.63, 3.8) is 0 Å². The Morgan fingerprint density at radius 3 is 2.64 bits per heavy atom. The fourth-order valence-electron chi connectivity index (χ4n) is 4.42. The minimum Gasteiger partial charge on any atom is -0.481 e. The van der Waals surface area contributed by atoms with Crippen LogP contribution in [-0.4, -0.2) is 45.0 Å². The predicted octanol–water partition coefficient (Wildman–Crippen LogP) is 4.93. The number of carbonyl (C=O) groups is 1. The van der Waals surface area contributed by atoms with E-state index in [-0.39, 0.29) is 18.4 Å². The van der Waals surface area contributed by atoms with E-state index < -0.39 is 5.60 Å². The van der Waals surface area contributed by atoms with E-state index in [2.05, 4.69) is 22.4 Å². The Morgan fingerprint density at radius 1 is 1.11 bits per heavy atom. The summed E-state index contributed by atoms with van der Waals surface area (Å²) in [4.78, 5) is 21.8. The van der Waals surface area contributed by atoms with Gasteiger partial charge in [-0.3, -0.25) is 9.48 Å². The van der Waals surface area contributed by atoms with Crippen LogP contribution in [0.2, 0.25) is 0 Å². The average Bonchev–Trinajstić information content (AvgIpc) is 3.33. The number of hydrogen-bond donors (Lipinski definition) is 1.